The van der Waals surface area contributed by atoms with Gasteiger partial charge in [-0.15, -0.1) is 0 Å². The number of aromatic nitrogens is 2. The summed E-state index contributed by atoms with van der Waals surface area (Å²) < 4.78 is 27.0. The van der Waals surface area contributed by atoms with Crippen molar-refractivity contribution in [2.24, 2.45) is 10.6 Å². The highest BCUT2D eigenvalue weighted by Crippen LogP contribution is 2.46. The molecule has 3 aliphatic heterocycles. The molecule has 2 fully saturated rings. The fourth-order valence-electron chi connectivity index (χ4n) is 5.52. The third-order valence-corrected chi connectivity index (χ3v) is 7.34. The molecule has 1 aromatic heterocycles. The number of ether oxygens (including phenoxy) is 2. The third-order valence-electron chi connectivity index (χ3n) is 7.34. The second-order valence-corrected chi connectivity index (χ2v) is 10.1. The summed E-state index contributed by atoms with van der Waals surface area (Å²) in [7, 11) is 1.66. The Hall–Kier alpha value is -3.69. The number of hydrogen-bond acceptors (Lipinski definition) is 7. The van der Waals surface area contributed by atoms with E-state index in [1.54, 1.807) is 25.6 Å². The minimum atomic E-state index is -0.565. The normalized spacial score (nSPS) is 23.3. The lowest BCUT2D eigenvalue weighted by atomic mass is 9.74. The summed E-state index contributed by atoms with van der Waals surface area (Å²) in [6.07, 6.45) is 6.06. The molecular formula is C28H29FN4O4. The van der Waals surface area contributed by atoms with Crippen LogP contribution in [0.3, 0.4) is 0 Å². The average molecular weight is 505 g/mol. The molecule has 2 saturated heterocycles. The highest BCUT2D eigenvalue weighted by atomic mass is 19.1. The molecule has 6 rings (SSSR count). The fraction of sp³-hybridized carbons (Fsp3) is 0.357. The monoisotopic (exact) mass is 504 g/mol. The zero-order valence-corrected chi connectivity index (χ0v) is 20.8. The number of benzene rings is 2. The SMILES string of the molecule is COc1cc(/C=C2\CC3(COC3)CN3C2=NOC(CO)C3c2ccc(F)cc2)ccc1-n1cnc(C)c1. The van der Waals surface area contributed by atoms with Gasteiger partial charge in [0.25, 0.3) is 0 Å². The molecule has 3 aromatic rings. The number of aryl methyl sites for hydroxylation is 1. The van der Waals surface area contributed by atoms with E-state index in [-0.39, 0.29) is 23.9 Å². The van der Waals surface area contributed by atoms with Crippen LogP contribution in [0.2, 0.25) is 0 Å². The molecule has 1 N–H and O–H groups in total. The van der Waals surface area contributed by atoms with Crippen LogP contribution >= 0.6 is 0 Å². The van der Waals surface area contributed by atoms with Crippen molar-refractivity contribution in [1.29, 1.82) is 0 Å². The van der Waals surface area contributed by atoms with Crippen molar-refractivity contribution in [1.82, 2.24) is 14.5 Å². The molecule has 192 valence electrons. The Bertz CT molecular complexity index is 1360. The minimum Gasteiger partial charge on any atom is -0.495 e. The summed E-state index contributed by atoms with van der Waals surface area (Å²) in [6.45, 7) is 3.76. The van der Waals surface area contributed by atoms with Crippen LogP contribution in [0.25, 0.3) is 11.8 Å². The van der Waals surface area contributed by atoms with Crippen LogP contribution in [0.1, 0.15) is 29.3 Å². The minimum absolute atomic E-state index is 0.0567. The lowest BCUT2D eigenvalue weighted by Gasteiger charge is -2.53. The first-order chi connectivity index (χ1) is 18.0. The zero-order valence-electron chi connectivity index (χ0n) is 20.8. The van der Waals surface area contributed by atoms with E-state index in [9.17, 15) is 9.50 Å². The topological polar surface area (TPSA) is 81.3 Å². The summed E-state index contributed by atoms with van der Waals surface area (Å²) in [5.74, 6) is 1.15. The number of amidine groups is 1. The first-order valence-corrected chi connectivity index (χ1v) is 12.3. The lowest BCUT2D eigenvalue weighted by Crippen LogP contribution is -2.60. The van der Waals surface area contributed by atoms with Crippen LogP contribution in [0, 0.1) is 18.2 Å². The number of rotatable bonds is 5. The maximum Gasteiger partial charge on any atom is 0.174 e. The van der Waals surface area contributed by atoms with Gasteiger partial charge < -0.3 is 28.9 Å². The molecule has 0 saturated carbocycles. The fourth-order valence-corrected chi connectivity index (χ4v) is 5.52. The number of aliphatic hydroxyl groups is 1. The van der Waals surface area contributed by atoms with Gasteiger partial charge in [0.2, 0.25) is 0 Å². The largest absolute Gasteiger partial charge is 0.495 e. The van der Waals surface area contributed by atoms with Crippen molar-refractivity contribution >= 4 is 11.9 Å². The molecule has 37 heavy (non-hydrogen) atoms. The van der Waals surface area contributed by atoms with Crippen LogP contribution in [0.5, 0.6) is 5.75 Å². The highest BCUT2D eigenvalue weighted by Gasteiger charge is 2.50. The Kier molecular flexibility index (Phi) is 5.97. The predicted octanol–water partition coefficient (Wildman–Crippen LogP) is 3.88. The first-order valence-electron chi connectivity index (χ1n) is 12.3. The van der Waals surface area contributed by atoms with E-state index in [0.29, 0.717) is 19.8 Å². The van der Waals surface area contributed by atoms with Crippen molar-refractivity contribution in [2.75, 3.05) is 33.5 Å². The van der Waals surface area contributed by atoms with E-state index >= 15 is 0 Å². The van der Waals surface area contributed by atoms with Crippen molar-refractivity contribution in [3.8, 4) is 11.4 Å². The van der Waals surface area contributed by atoms with Crippen LogP contribution in [0.15, 0.2) is 65.7 Å². The molecule has 0 bridgehead atoms. The summed E-state index contributed by atoms with van der Waals surface area (Å²) in [6, 6.07) is 12.1. The van der Waals surface area contributed by atoms with Gasteiger partial charge in [-0.3, -0.25) is 0 Å². The van der Waals surface area contributed by atoms with Gasteiger partial charge in [0, 0.05) is 18.2 Å². The Morgan fingerprint density at radius 2 is 2.03 bits per heavy atom. The van der Waals surface area contributed by atoms with Gasteiger partial charge in [0.1, 0.15) is 11.6 Å². The summed E-state index contributed by atoms with van der Waals surface area (Å²) in [5, 5.41) is 14.6. The smallest absolute Gasteiger partial charge is 0.174 e. The van der Waals surface area contributed by atoms with E-state index in [4.69, 9.17) is 14.3 Å². The van der Waals surface area contributed by atoms with E-state index in [1.165, 1.54) is 12.1 Å². The lowest BCUT2D eigenvalue weighted by molar-refractivity contribution is -0.139. The molecule has 0 aliphatic carbocycles. The number of fused-ring (bicyclic) bond motifs is 1. The Labute approximate surface area is 214 Å². The van der Waals surface area contributed by atoms with Gasteiger partial charge in [-0.2, -0.15) is 0 Å². The summed E-state index contributed by atoms with van der Waals surface area (Å²) >= 11 is 0. The number of methoxy groups -OCH3 is 1. The molecule has 0 radical (unpaired) electrons. The summed E-state index contributed by atoms with van der Waals surface area (Å²) in [5.41, 5.74) is 4.63. The van der Waals surface area contributed by atoms with Crippen molar-refractivity contribution < 1.29 is 23.8 Å². The number of piperidine rings is 1. The Balaban J connectivity index is 1.40. The molecule has 4 heterocycles. The second-order valence-electron chi connectivity index (χ2n) is 10.1. The maximum absolute atomic E-state index is 13.7. The van der Waals surface area contributed by atoms with Crippen LogP contribution in [-0.2, 0) is 9.57 Å². The molecule has 2 aromatic carbocycles. The highest BCUT2D eigenvalue weighted by molar-refractivity contribution is 6.03. The molecule has 8 nitrogen and oxygen atoms in total. The number of hydrogen-bond donors (Lipinski definition) is 1. The van der Waals surface area contributed by atoms with E-state index in [1.807, 2.05) is 35.9 Å². The quantitative estimate of drug-likeness (QED) is 0.568. The van der Waals surface area contributed by atoms with E-state index in [0.717, 1.165) is 46.1 Å². The molecular weight excluding hydrogens is 475 g/mol. The van der Waals surface area contributed by atoms with E-state index < -0.39 is 6.10 Å². The molecule has 9 heteroatoms. The predicted molar refractivity (Wildman–Crippen MR) is 136 cm³/mol. The van der Waals surface area contributed by atoms with Crippen molar-refractivity contribution in [3.63, 3.8) is 0 Å². The summed E-state index contributed by atoms with van der Waals surface area (Å²) in [4.78, 5) is 12.3. The van der Waals surface area contributed by atoms with Crippen LogP contribution in [-0.4, -0.2) is 65.0 Å². The molecule has 0 amide bonds. The second kappa shape index (κ2) is 9.32. The Morgan fingerprint density at radius 1 is 1.22 bits per heavy atom. The van der Waals surface area contributed by atoms with Gasteiger partial charge in [-0.05, 0) is 60.4 Å². The first kappa shape index (κ1) is 23.7. The van der Waals surface area contributed by atoms with Gasteiger partial charge in [-0.25, -0.2) is 9.37 Å². The third kappa shape index (κ3) is 4.28. The Morgan fingerprint density at radius 3 is 2.68 bits per heavy atom. The number of halogens is 1. The number of imidazole rings is 1. The molecule has 2 atom stereocenters. The van der Waals surface area contributed by atoms with Gasteiger partial charge >= 0.3 is 0 Å². The molecule has 2 unspecified atom stereocenters. The van der Waals surface area contributed by atoms with Gasteiger partial charge in [0.15, 0.2) is 11.9 Å². The average Bonchev–Trinajstić information content (AvgIpc) is 3.33. The standard InChI is InChI=1S/C28H29FN4O4/c1-18-12-32(17-30-18)23-8-3-19(10-24(23)35-2)9-21-11-28(15-36-16-28)14-33-26(20-4-6-22(29)7-5-20)25(13-34)37-31-27(21)33/h3-10,12,17,25-26,34H,11,13-16H2,1-2H3/b21-9+. The van der Waals surface area contributed by atoms with Gasteiger partial charge in [-0.1, -0.05) is 23.4 Å². The van der Waals surface area contributed by atoms with Gasteiger partial charge in [0.05, 0.1) is 50.7 Å². The zero-order chi connectivity index (χ0) is 25.6. The van der Waals surface area contributed by atoms with Crippen LogP contribution in [0.4, 0.5) is 4.39 Å². The number of oxime groups is 1. The van der Waals surface area contributed by atoms with Crippen molar-refractivity contribution in [2.45, 2.75) is 25.5 Å². The molecule has 3 aliphatic rings. The number of aliphatic hydroxyl groups excluding tert-OH is 1. The molecule has 1 spiro atoms. The number of nitrogens with zero attached hydrogens (tertiary/aromatic N) is 4. The van der Waals surface area contributed by atoms with Crippen molar-refractivity contribution in [3.05, 3.63) is 83.2 Å². The van der Waals surface area contributed by atoms with Crippen LogP contribution < -0.4 is 4.74 Å². The van der Waals surface area contributed by atoms with E-state index in [2.05, 4.69) is 21.1 Å². The maximum atomic E-state index is 13.7.